The molecule has 5 heteroatoms. The van der Waals surface area contributed by atoms with Gasteiger partial charge in [-0.25, -0.2) is 0 Å². The zero-order valence-electron chi connectivity index (χ0n) is 15.7. The molecular formula is C23H21N2O3+. The topological polar surface area (TPSA) is 68.4 Å². The molecule has 0 radical (unpaired) electrons. The van der Waals surface area contributed by atoms with Crippen LogP contribution in [0.5, 0.6) is 5.75 Å². The predicted molar refractivity (Wildman–Crippen MR) is 109 cm³/mol. The number of phenols is 1. The summed E-state index contributed by atoms with van der Waals surface area (Å²) in [6.45, 7) is 4.21. The van der Waals surface area contributed by atoms with Crippen molar-refractivity contribution in [3.63, 3.8) is 0 Å². The van der Waals surface area contributed by atoms with E-state index in [1.54, 1.807) is 42.5 Å². The van der Waals surface area contributed by atoms with E-state index in [4.69, 9.17) is 0 Å². The summed E-state index contributed by atoms with van der Waals surface area (Å²) in [5.41, 5.74) is 3.41. The van der Waals surface area contributed by atoms with Gasteiger partial charge in [0.05, 0.1) is 15.6 Å². The molecule has 0 fully saturated rings. The number of rotatable bonds is 3. The Kier molecular flexibility index (Phi) is 4.35. The second-order valence-corrected chi connectivity index (χ2v) is 7.09. The molecular weight excluding hydrogens is 352 g/mol. The van der Waals surface area contributed by atoms with E-state index in [2.05, 4.69) is 13.8 Å². The van der Waals surface area contributed by atoms with Crippen LogP contribution in [-0.4, -0.2) is 15.0 Å². The maximum Gasteiger partial charge on any atom is 0.298 e. The number of hydrogen-bond donors (Lipinski definition) is 2. The molecule has 1 heterocycles. The van der Waals surface area contributed by atoms with Crippen LogP contribution in [0.15, 0.2) is 72.8 Å². The van der Waals surface area contributed by atoms with Crippen LogP contribution < -0.4 is 4.43 Å². The lowest BCUT2D eigenvalue weighted by Crippen LogP contribution is -2.24. The predicted octanol–water partition coefficient (Wildman–Crippen LogP) is 4.96. The Morgan fingerprint density at radius 3 is 2.21 bits per heavy atom. The Labute approximate surface area is 162 Å². The number of fused-ring (bicyclic) bond motifs is 1. The molecule has 0 atom stereocenters. The molecule has 0 aliphatic heterocycles. The molecule has 0 aliphatic carbocycles. The van der Waals surface area contributed by atoms with Crippen molar-refractivity contribution in [2.45, 2.75) is 19.8 Å². The molecule has 4 aromatic rings. The third-order valence-electron chi connectivity index (χ3n) is 4.98. The van der Waals surface area contributed by atoms with Crippen molar-refractivity contribution in [2.24, 2.45) is 0 Å². The van der Waals surface area contributed by atoms with Gasteiger partial charge in [-0.15, -0.1) is 0 Å². The van der Waals surface area contributed by atoms with Crippen LogP contribution >= 0.6 is 0 Å². The Morgan fingerprint density at radius 2 is 1.54 bits per heavy atom. The number of hydrogen-bond acceptors (Lipinski definition) is 3. The van der Waals surface area contributed by atoms with Crippen LogP contribution in [0.25, 0.3) is 33.5 Å². The minimum absolute atomic E-state index is 0.0133. The fourth-order valence-corrected chi connectivity index (χ4v) is 3.45. The normalized spacial score (nSPS) is 11.2. The monoisotopic (exact) mass is 373 g/mol. The van der Waals surface area contributed by atoms with Crippen LogP contribution in [-0.2, 0) is 0 Å². The lowest BCUT2D eigenvalue weighted by molar-refractivity contribution is -0.451. The van der Waals surface area contributed by atoms with Crippen molar-refractivity contribution < 1.29 is 14.7 Å². The van der Waals surface area contributed by atoms with E-state index in [1.165, 1.54) is 6.07 Å². The number of aromatic hydroxyl groups is 1. The van der Waals surface area contributed by atoms with Gasteiger partial charge in [-0.3, -0.25) is 0 Å². The number of aromatic nitrogens is 2. The minimum atomic E-state index is -0.0133. The first-order valence-electron chi connectivity index (χ1n) is 9.17. The highest BCUT2D eigenvalue weighted by atomic mass is 16.5. The number of phenolic OH excluding ortho intramolecular Hbond substituents is 1. The van der Waals surface area contributed by atoms with E-state index in [0.29, 0.717) is 28.1 Å². The molecule has 2 N–H and O–H groups in total. The van der Waals surface area contributed by atoms with E-state index in [9.17, 15) is 15.2 Å². The summed E-state index contributed by atoms with van der Waals surface area (Å²) in [6, 6.07) is 21.2. The molecule has 0 saturated heterocycles. The van der Waals surface area contributed by atoms with Gasteiger partial charge in [-0.1, -0.05) is 50.2 Å². The summed E-state index contributed by atoms with van der Waals surface area (Å²) in [7, 11) is 0. The van der Waals surface area contributed by atoms with Crippen molar-refractivity contribution in [1.82, 2.24) is 4.73 Å². The highest BCUT2D eigenvalue weighted by Gasteiger charge is 2.29. The van der Waals surface area contributed by atoms with Crippen LogP contribution in [0, 0.1) is 4.91 Å². The van der Waals surface area contributed by atoms with Crippen LogP contribution in [0.3, 0.4) is 0 Å². The van der Waals surface area contributed by atoms with E-state index < -0.39 is 0 Å². The molecule has 28 heavy (non-hydrogen) atoms. The van der Waals surface area contributed by atoms with E-state index in [0.717, 1.165) is 14.7 Å². The van der Waals surface area contributed by atoms with Crippen molar-refractivity contribution in [2.75, 3.05) is 0 Å². The first-order valence-corrected chi connectivity index (χ1v) is 9.17. The molecule has 0 bridgehead atoms. The summed E-state index contributed by atoms with van der Waals surface area (Å²) in [5, 5.41) is 21.4. The fraction of sp³-hybridized carbons (Fsp3) is 0.130. The van der Waals surface area contributed by atoms with Crippen LogP contribution in [0.4, 0.5) is 0 Å². The van der Waals surface area contributed by atoms with E-state index in [1.807, 2.05) is 24.3 Å². The molecule has 4 rings (SSSR count). The standard InChI is InChI=1S/C23H20N2O3/c1-15(2)16-11-13-17(14-12-16)22-23(18-7-3-6-10-21(18)26)25(28)20-9-5-4-8-19(20)24(22)27/h3-15,28H,1-2H3/p+1. The molecule has 0 saturated carbocycles. The summed E-state index contributed by atoms with van der Waals surface area (Å²) in [4.78, 5) is 13.3. The van der Waals surface area contributed by atoms with Gasteiger partial charge in [-0.2, -0.15) is 4.73 Å². The Bertz CT molecular complexity index is 1230. The molecule has 0 unspecified atom stereocenters. The largest absolute Gasteiger partial charge is 0.507 e. The van der Waals surface area contributed by atoms with Crippen LogP contribution in [0.2, 0.25) is 0 Å². The Morgan fingerprint density at radius 1 is 0.893 bits per heavy atom. The summed E-state index contributed by atoms with van der Waals surface area (Å²) in [5.74, 6) is 0.353. The average molecular weight is 373 g/mol. The maximum absolute atomic E-state index is 13.3. The van der Waals surface area contributed by atoms with Crippen molar-refractivity contribution in [1.29, 1.82) is 0 Å². The minimum Gasteiger partial charge on any atom is -0.507 e. The average Bonchev–Trinajstić information content (AvgIpc) is 2.71. The second-order valence-electron chi connectivity index (χ2n) is 7.09. The molecule has 1 aromatic heterocycles. The van der Waals surface area contributed by atoms with Gasteiger partial charge in [0.2, 0.25) is 0 Å². The smallest absolute Gasteiger partial charge is 0.298 e. The third kappa shape index (κ3) is 2.81. The lowest BCUT2D eigenvalue weighted by Gasteiger charge is -2.12. The van der Waals surface area contributed by atoms with Gasteiger partial charge in [0, 0.05) is 11.0 Å². The Balaban J connectivity index is 2.12. The van der Waals surface area contributed by atoms with Gasteiger partial charge < -0.3 is 10.3 Å². The molecule has 5 nitrogen and oxygen atoms in total. The molecule has 140 valence electrons. The quantitative estimate of drug-likeness (QED) is 0.394. The SMILES string of the molecule is CC(C)c1ccc(-c2c(-c3ccccc3O)n(O)c3ccccc3[n+]2=O)cc1. The molecule has 0 amide bonds. The molecule has 0 aliphatic rings. The number of benzene rings is 3. The number of nitrogens with zero attached hydrogens (tertiary/aromatic N) is 2. The summed E-state index contributed by atoms with van der Waals surface area (Å²) in [6.07, 6.45) is 0. The highest BCUT2D eigenvalue weighted by Crippen LogP contribution is 2.36. The van der Waals surface area contributed by atoms with Crippen molar-refractivity contribution >= 4 is 11.0 Å². The van der Waals surface area contributed by atoms with Gasteiger partial charge in [0.1, 0.15) is 5.75 Å². The van der Waals surface area contributed by atoms with Gasteiger partial charge in [-0.05, 0) is 41.8 Å². The van der Waals surface area contributed by atoms with Gasteiger partial charge >= 0.3 is 0 Å². The zero-order valence-corrected chi connectivity index (χ0v) is 15.7. The van der Waals surface area contributed by atoms with E-state index in [-0.39, 0.29) is 17.1 Å². The van der Waals surface area contributed by atoms with E-state index >= 15 is 0 Å². The summed E-state index contributed by atoms with van der Waals surface area (Å²) < 4.78 is 1.79. The van der Waals surface area contributed by atoms with Crippen molar-refractivity contribution in [3.05, 3.63) is 83.3 Å². The fourth-order valence-electron chi connectivity index (χ4n) is 3.45. The lowest BCUT2D eigenvalue weighted by atomic mass is 9.98. The van der Waals surface area contributed by atoms with Gasteiger partial charge in [0.25, 0.3) is 11.2 Å². The molecule has 0 spiro atoms. The number of para-hydroxylation sites is 3. The highest BCUT2D eigenvalue weighted by molar-refractivity contribution is 5.84. The maximum atomic E-state index is 13.3. The zero-order chi connectivity index (χ0) is 19.8. The third-order valence-corrected chi connectivity index (χ3v) is 4.98. The van der Waals surface area contributed by atoms with Gasteiger partial charge in [0.15, 0.2) is 11.2 Å². The summed E-state index contributed by atoms with van der Waals surface area (Å²) >= 11 is 0. The second kappa shape index (κ2) is 6.85. The van der Waals surface area contributed by atoms with Crippen LogP contribution in [0.1, 0.15) is 25.3 Å². The first-order chi connectivity index (χ1) is 13.5. The van der Waals surface area contributed by atoms with Crippen molar-refractivity contribution in [3.8, 4) is 28.3 Å². The Hall–Kier alpha value is -3.60. The first kappa shape index (κ1) is 17.8. The molecule has 3 aromatic carbocycles.